The highest BCUT2D eigenvalue weighted by Gasteiger charge is 2.51. The summed E-state index contributed by atoms with van der Waals surface area (Å²) in [7, 11) is 0. The lowest BCUT2D eigenvalue weighted by Gasteiger charge is -2.20. The van der Waals surface area contributed by atoms with Crippen LogP contribution >= 0.6 is 11.6 Å². The third kappa shape index (κ3) is 4.11. The first kappa shape index (κ1) is 22.3. The van der Waals surface area contributed by atoms with E-state index in [-0.39, 0.29) is 30.3 Å². The van der Waals surface area contributed by atoms with Gasteiger partial charge in [-0.3, -0.25) is 14.5 Å². The summed E-state index contributed by atoms with van der Waals surface area (Å²) in [5, 5.41) is 10.8. The first-order valence-electron chi connectivity index (χ1n) is 11.1. The van der Waals surface area contributed by atoms with Gasteiger partial charge in [0.05, 0.1) is 23.1 Å². The highest BCUT2D eigenvalue weighted by atomic mass is 35.5. The number of hydrogen-bond donors (Lipinski definition) is 2. The molecule has 2 fully saturated rings. The number of carbonyl (C=O) groups is 3. The van der Waals surface area contributed by atoms with Gasteiger partial charge in [0, 0.05) is 18.1 Å². The number of nitrogens with zero attached hydrogens (tertiary/aromatic N) is 3. The van der Waals surface area contributed by atoms with Crippen LogP contribution in [0.3, 0.4) is 0 Å². The summed E-state index contributed by atoms with van der Waals surface area (Å²) in [5.41, 5.74) is 1.39. The Labute approximate surface area is 192 Å². The second-order valence-corrected chi connectivity index (χ2v) is 9.21. The lowest BCUT2D eigenvalue weighted by Crippen LogP contribution is -2.44. The van der Waals surface area contributed by atoms with Crippen LogP contribution in [0, 0.1) is 0 Å². The molecule has 2 heterocycles. The zero-order chi connectivity index (χ0) is 22.9. The average Bonchev–Trinajstić information content (AvgIpc) is 3.45. The SMILES string of the molecule is CC(C)c1c(C(=O)NCCCN2C(=O)NC3(CCCC3)C2=O)cnn1-c1cccc(Cl)c1. The van der Waals surface area contributed by atoms with Gasteiger partial charge in [-0.1, -0.05) is 44.4 Å². The molecule has 0 atom stereocenters. The Balaban J connectivity index is 1.38. The number of nitrogens with one attached hydrogen (secondary N) is 2. The van der Waals surface area contributed by atoms with E-state index in [0.717, 1.165) is 24.2 Å². The van der Waals surface area contributed by atoms with E-state index in [4.69, 9.17) is 11.6 Å². The number of halogens is 1. The summed E-state index contributed by atoms with van der Waals surface area (Å²) in [6.07, 6.45) is 5.38. The van der Waals surface area contributed by atoms with E-state index in [1.807, 2.05) is 26.0 Å². The topological polar surface area (TPSA) is 96.3 Å². The number of aromatic nitrogens is 2. The maximum atomic E-state index is 12.9. The van der Waals surface area contributed by atoms with E-state index in [1.54, 1.807) is 23.0 Å². The van der Waals surface area contributed by atoms with Crippen LogP contribution in [-0.2, 0) is 4.79 Å². The Bertz CT molecular complexity index is 1040. The van der Waals surface area contributed by atoms with Gasteiger partial charge in [-0.25, -0.2) is 9.48 Å². The van der Waals surface area contributed by atoms with Gasteiger partial charge in [0.1, 0.15) is 5.54 Å². The molecule has 1 saturated heterocycles. The maximum absolute atomic E-state index is 12.9. The summed E-state index contributed by atoms with van der Waals surface area (Å²) >= 11 is 6.12. The molecule has 1 aliphatic heterocycles. The average molecular weight is 458 g/mol. The second kappa shape index (κ2) is 8.94. The molecule has 0 radical (unpaired) electrons. The minimum Gasteiger partial charge on any atom is -0.352 e. The summed E-state index contributed by atoms with van der Waals surface area (Å²) in [6, 6.07) is 7.00. The summed E-state index contributed by atoms with van der Waals surface area (Å²) in [4.78, 5) is 39.1. The van der Waals surface area contributed by atoms with Gasteiger partial charge in [0.25, 0.3) is 11.8 Å². The molecule has 2 N–H and O–H groups in total. The smallest absolute Gasteiger partial charge is 0.325 e. The zero-order valence-corrected chi connectivity index (χ0v) is 19.1. The molecule has 1 spiro atoms. The number of rotatable bonds is 7. The molecule has 8 nitrogen and oxygen atoms in total. The fraction of sp³-hybridized carbons (Fsp3) is 0.478. The van der Waals surface area contributed by atoms with Crippen molar-refractivity contribution in [2.24, 2.45) is 0 Å². The summed E-state index contributed by atoms with van der Waals surface area (Å²) < 4.78 is 1.74. The molecular weight excluding hydrogens is 430 g/mol. The highest BCUT2D eigenvalue weighted by molar-refractivity contribution is 6.30. The molecule has 4 rings (SSSR count). The summed E-state index contributed by atoms with van der Waals surface area (Å²) in [6.45, 7) is 4.64. The van der Waals surface area contributed by atoms with Gasteiger partial charge in [-0.05, 0) is 43.4 Å². The number of carbonyl (C=O) groups excluding carboxylic acids is 3. The lowest BCUT2D eigenvalue weighted by molar-refractivity contribution is -0.131. The summed E-state index contributed by atoms with van der Waals surface area (Å²) in [5.74, 6) is -0.298. The third-order valence-corrected chi connectivity index (χ3v) is 6.43. The van der Waals surface area contributed by atoms with Crippen LogP contribution in [0.5, 0.6) is 0 Å². The zero-order valence-electron chi connectivity index (χ0n) is 18.4. The lowest BCUT2D eigenvalue weighted by atomic mass is 9.98. The Morgan fingerprint density at radius 3 is 2.72 bits per heavy atom. The van der Waals surface area contributed by atoms with E-state index < -0.39 is 5.54 Å². The molecular formula is C23H28ClN5O3. The van der Waals surface area contributed by atoms with Crippen molar-refractivity contribution in [3.63, 3.8) is 0 Å². The minimum atomic E-state index is -0.693. The van der Waals surface area contributed by atoms with Crippen molar-refractivity contribution in [3.8, 4) is 5.69 Å². The fourth-order valence-corrected chi connectivity index (χ4v) is 4.82. The van der Waals surface area contributed by atoms with Crippen molar-refractivity contribution in [2.45, 2.75) is 57.4 Å². The van der Waals surface area contributed by atoms with Crippen molar-refractivity contribution >= 4 is 29.4 Å². The van der Waals surface area contributed by atoms with Crippen LogP contribution < -0.4 is 10.6 Å². The van der Waals surface area contributed by atoms with Crippen molar-refractivity contribution in [1.29, 1.82) is 0 Å². The van der Waals surface area contributed by atoms with E-state index in [9.17, 15) is 14.4 Å². The fourth-order valence-electron chi connectivity index (χ4n) is 4.63. The van der Waals surface area contributed by atoms with E-state index in [1.165, 1.54) is 4.90 Å². The predicted octanol–water partition coefficient (Wildman–Crippen LogP) is 3.63. The van der Waals surface area contributed by atoms with Crippen molar-refractivity contribution in [3.05, 3.63) is 46.7 Å². The van der Waals surface area contributed by atoms with Gasteiger partial charge in [-0.2, -0.15) is 5.10 Å². The molecule has 0 bridgehead atoms. The van der Waals surface area contributed by atoms with Crippen molar-refractivity contribution in [1.82, 2.24) is 25.3 Å². The Morgan fingerprint density at radius 2 is 2.03 bits per heavy atom. The van der Waals surface area contributed by atoms with E-state index >= 15 is 0 Å². The molecule has 4 amide bonds. The van der Waals surface area contributed by atoms with Crippen LogP contribution in [0.25, 0.3) is 5.69 Å². The first-order chi connectivity index (χ1) is 15.3. The van der Waals surface area contributed by atoms with E-state index in [0.29, 0.717) is 36.4 Å². The Hall–Kier alpha value is -2.87. The van der Waals surface area contributed by atoms with Crippen molar-refractivity contribution < 1.29 is 14.4 Å². The standard InChI is InChI=1S/C23H28ClN5O3/c1-15(2)19-18(14-26-29(19)17-8-5-7-16(24)13-17)20(30)25-11-6-12-28-21(31)23(27-22(28)32)9-3-4-10-23/h5,7-8,13-15H,3-4,6,9-12H2,1-2H3,(H,25,30)(H,27,32). The monoisotopic (exact) mass is 457 g/mol. The number of urea groups is 1. The van der Waals surface area contributed by atoms with Gasteiger partial charge in [0.2, 0.25) is 0 Å². The Morgan fingerprint density at radius 1 is 1.28 bits per heavy atom. The molecule has 170 valence electrons. The molecule has 1 aromatic carbocycles. The third-order valence-electron chi connectivity index (χ3n) is 6.20. The van der Waals surface area contributed by atoms with Crippen LogP contribution in [0.4, 0.5) is 4.79 Å². The number of imide groups is 1. The molecule has 0 unspecified atom stereocenters. The van der Waals surface area contributed by atoms with E-state index in [2.05, 4.69) is 15.7 Å². The highest BCUT2D eigenvalue weighted by Crippen LogP contribution is 2.35. The molecule has 2 aliphatic rings. The minimum absolute atomic E-state index is 0.0609. The van der Waals surface area contributed by atoms with Gasteiger partial charge >= 0.3 is 6.03 Å². The molecule has 9 heteroatoms. The number of amides is 4. The van der Waals surface area contributed by atoms with Gasteiger partial charge in [-0.15, -0.1) is 0 Å². The molecule has 1 saturated carbocycles. The first-order valence-corrected chi connectivity index (χ1v) is 11.5. The molecule has 1 aliphatic carbocycles. The normalized spacial score (nSPS) is 17.4. The maximum Gasteiger partial charge on any atom is 0.325 e. The predicted molar refractivity (Wildman–Crippen MR) is 121 cm³/mol. The number of hydrogen-bond acceptors (Lipinski definition) is 4. The molecule has 2 aromatic rings. The van der Waals surface area contributed by atoms with Crippen molar-refractivity contribution in [2.75, 3.05) is 13.1 Å². The van der Waals surface area contributed by atoms with Crippen LogP contribution in [0.1, 0.15) is 67.9 Å². The Kier molecular flexibility index (Phi) is 6.24. The number of benzene rings is 1. The van der Waals surface area contributed by atoms with Crippen LogP contribution in [0.2, 0.25) is 5.02 Å². The van der Waals surface area contributed by atoms with Crippen LogP contribution in [-0.4, -0.2) is 51.2 Å². The quantitative estimate of drug-likeness (QED) is 0.490. The van der Waals surface area contributed by atoms with Gasteiger partial charge in [0.15, 0.2) is 0 Å². The van der Waals surface area contributed by atoms with Gasteiger partial charge < -0.3 is 10.6 Å². The molecule has 1 aromatic heterocycles. The molecule has 32 heavy (non-hydrogen) atoms. The largest absolute Gasteiger partial charge is 0.352 e. The second-order valence-electron chi connectivity index (χ2n) is 8.78. The van der Waals surface area contributed by atoms with Crippen LogP contribution in [0.15, 0.2) is 30.5 Å².